The highest BCUT2D eigenvalue weighted by Crippen LogP contribution is 2.40. The second kappa shape index (κ2) is 9.83. The zero-order valence-electron chi connectivity index (χ0n) is 18.7. The second-order valence-corrected chi connectivity index (χ2v) is 7.34. The van der Waals surface area contributed by atoms with Crippen molar-refractivity contribution in [1.29, 1.82) is 0 Å². The molecule has 0 unspecified atom stereocenters. The first kappa shape index (κ1) is 22.5. The topological polar surface area (TPSA) is 92.8 Å². The predicted octanol–water partition coefficient (Wildman–Crippen LogP) is 2.57. The number of amides is 1. The number of carbonyl (C=O) groups is 2. The van der Waals surface area contributed by atoms with Gasteiger partial charge in [0, 0.05) is 19.2 Å². The van der Waals surface area contributed by atoms with E-state index in [1.54, 1.807) is 41.3 Å². The third-order valence-corrected chi connectivity index (χ3v) is 5.35. The van der Waals surface area contributed by atoms with Crippen LogP contribution in [-0.2, 0) is 9.53 Å². The van der Waals surface area contributed by atoms with Crippen molar-refractivity contribution in [3.8, 4) is 28.7 Å². The van der Waals surface area contributed by atoms with Gasteiger partial charge in [-0.05, 0) is 35.9 Å². The number of rotatable bonds is 7. The molecule has 2 heterocycles. The summed E-state index contributed by atoms with van der Waals surface area (Å²) in [5.41, 5.74) is 1.06. The maximum Gasteiger partial charge on any atom is 0.260 e. The zero-order valence-corrected chi connectivity index (χ0v) is 18.7. The summed E-state index contributed by atoms with van der Waals surface area (Å²) < 4.78 is 32.7. The number of methoxy groups -OCH3 is 3. The standard InChI is InChI=1S/C24H25NO8/c1-28-20-11-15(12-21(29-2)24(20)30-3)10-19-23(27)17-5-4-16(13-18(17)33-19)32-14-22(26)25-6-8-31-9-7-25/h4-5,10-13H,6-9,14H2,1-3H3. The molecule has 9 heteroatoms. The van der Waals surface area contributed by atoms with Crippen molar-refractivity contribution in [3.05, 3.63) is 47.2 Å². The van der Waals surface area contributed by atoms with E-state index < -0.39 is 0 Å². The second-order valence-electron chi connectivity index (χ2n) is 7.34. The molecule has 1 saturated heterocycles. The largest absolute Gasteiger partial charge is 0.493 e. The molecule has 174 valence electrons. The molecule has 0 aliphatic carbocycles. The van der Waals surface area contributed by atoms with Crippen LogP contribution in [0, 0.1) is 0 Å². The molecular formula is C24H25NO8. The first-order chi connectivity index (χ1) is 16.0. The van der Waals surface area contributed by atoms with Gasteiger partial charge in [0.05, 0.1) is 40.1 Å². The van der Waals surface area contributed by atoms with Gasteiger partial charge in [-0.2, -0.15) is 0 Å². The molecule has 0 saturated carbocycles. The minimum atomic E-state index is -0.255. The van der Waals surface area contributed by atoms with E-state index in [9.17, 15) is 9.59 Å². The number of nitrogens with zero attached hydrogens (tertiary/aromatic N) is 1. The van der Waals surface area contributed by atoms with Crippen molar-refractivity contribution in [2.24, 2.45) is 0 Å². The first-order valence-electron chi connectivity index (χ1n) is 10.4. The molecule has 4 rings (SSSR count). The Morgan fingerprint density at radius 1 is 1.03 bits per heavy atom. The van der Waals surface area contributed by atoms with E-state index in [2.05, 4.69) is 0 Å². The molecule has 2 aliphatic rings. The van der Waals surface area contributed by atoms with Gasteiger partial charge >= 0.3 is 0 Å². The molecule has 0 N–H and O–H groups in total. The van der Waals surface area contributed by atoms with E-state index in [0.717, 1.165) is 0 Å². The number of carbonyl (C=O) groups excluding carboxylic acids is 2. The van der Waals surface area contributed by atoms with Crippen molar-refractivity contribution in [1.82, 2.24) is 4.90 Å². The summed E-state index contributed by atoms with van der Waals surface area (Å²) in [4.78, 5) is 26.8. The lowest BCUT2D eigenvalue weighted by atomic mass is 10.1. The molecular weight excluding hydrogens is 430 g/mol. The molecule has 9 nitrogen and oxygen atoms in total. The molecule has 2 aliphatic heterocycles. The van der Waals surface area contributed by atoms with Gasteiger partial charge in [-0.25, -0.2) is 0 Å². The van der Waals surface area contributed by atoms with Crippen LogP contribution in [0.4, 0.5) is 0 Å². The number of ketones is 1. The zero-order chi connectivity index (χ0) is 23.4. The minimum Gasteiger partial charge on any atom is -0.493 e. The highest BCUT2D eigenvalue weighted by atomic mass is 16.5. The Morgan fingerprint density at radius 3 is 2.36 bits per heavy atom. The molecule has 0 spiro atoms. The summed E-state index contributed by atoms with van der Waals surface area (Å²) in [7, 11) is 4.56. The smallest absolute Gasteiger partial charge is 0.260 e. The highest BCUT2D eigenvalue weighted by Gasteiger charge is 2.28. The number of Topliss-reactive ketones (excluding diaryl/α,β-unsaturated/α-hetero) is 1. The molecule has 0 bridgehead atoms. The Bertz CT molecular complexity index is 1060. The van der Waals surface area contributed by atoms with E-state index >= 15 is 0 Å². The first-order valence-corrected chi connectivity index (χ1v) is 10.4. The Hall–Kier alpha value is -3.72. The van der Waals surface area contributed by atoms with Gasteiger partial charge in [-0.15, -0.1) is 0 Å². The van der Waals surface area contributed by atoms with Crippen LogP contribution < -0.4 is 23.7 Å². The maximum absolute atomic E-state index is 12.8. The van der Waals surface area contributed by atoms with Crippen molar-refractivity contribution < 1.29 is 38.0 Å². The summed E-state index contributed by atoms with van der Waals surface area (Å²) in [6.07, 6.45) is 1.61. The summed E-state index contributed by atoms with van der Waals surface area (Å²) in [6.45, 7) is 2.07. The highest BCUT2D eigenvalue weighted by molar-refractivity contribution is 6.14. The molecule has 2 aromatic rings. The van der Waals surface area contributed by atoms with Gasteiger partial charge in [0.2, 0.25) is 11.5 Å². The average Bonchev–Trinajstić information content (AvgIpc) is 3.16. The monoisotopic (exact) mass is 455 g/mol. The van der Waals surface area contributed by atoms with E-state index in [-0.39, 0.29) is 24.1 Å². The summed E-state index contributed by atoms with van der Waals surface area (Å²) in [5, 5.41) is 0. The van der Waals surface area contributed by atoms with Crippen LogP contribution in [0.1, 0.15) is 15.9 Å². The van der Waals surface area contributed by atoms with Crippen molar-refractivity contribution in [2.75, 3.05) is 54.2 Å². The van der Waals surface area contributed by atoms with Crippen molar-refractivity contribution in [2.45, 2.75) is 0 Å². The minimum absolute atomic E-state index is 0.0964. The predicted molar refractivity (Wildman–Crippen MR) is 118 cm³/mol. The van der Waals surface area contributed by atoms with E-state index in [0.29, 0.717) is 66.2 Å². The number of hydrogen-bond acceptors (Lipinski definition) is 8. The van der Waals surface area contributed by atoms with Gasteiger partial charge in [0.25, 0.3) is 5.91 Å². The number of allylic oxidation sites excluding steroid dienone is 1. The average molecular weight is 455 g/mol. The van der Waals surface area contributed by atoms with Crippen LogP contribution in [0.25, 0.3) is 6.08 Å². The number of ether oxygens (including phenoxy) is 6. The molecule has 1 amide bonds. The summed E-state index contributed by atoms with van der Waals surface area (Å²) >= 11 is 0. The van der Waals surface area contributed by atoms with Crippen LogP contribution >= 0.6 is 0 Å². The van der Waals surface area contributed by atoms with Gasteiger partial charge in [0.15, 0.2) is 23.9 Å². The fraction of sp³-hybridized carbons (Fsp3) is 0.333. The van der Waals surface area contributed by atoms with Gasteiger partial charge in [-0.1, -0.05) is 0 Å². The van der Waals surface area contributed by atoms with E-state index in [4.69, 9.17) is 28.4 Å². The van der Waals surface area contributed by atoms with Crippen LogP contribution in [0.2, 0.25) is 0 Å². The number of hydrogen-bond donors (Lipinski definition) is 0. The Labute approximate surface area is 191 Å². The Morgan fingerprint density at radius 2 is 1.73 bits per heavy atom. The number of benzene rings is 2. The van der Waals surface area contributed by atoms with Crippen LogP contribution in [0.3, 0.4) is 0 Å². The molecule has 0 radical (unpaired) electrons. The lowest BCUT2D eigenvalue weighted by Crippen LogP contribution is -2.42. The third kappa shape index (κ3) is 4.73. The Balaban J connectivity index is 1.49. The lowest BCUT2D eigenvalue weighted by molar-refractivity contribution is -0.137. The maximum atomic E-state index is 12.8. The molecule has 0 aromatic heterocycles. The van der Waals surface area contributed by atoms with Crippen LogP contribution in [0.15, 0.2) is 36.1 Å². The molecule has 2 aromatic carbocycles. The Kier molecular flexibility index (Phi) is 6.69. The fourth-order valence-electron chi connectivity index (χ4n) is 3.64. The molecule has 1 fully saturated rings. The third-order valence-electron chi connectivity index (χ3n) is 5.35. The lowest BCUT2D eigenvalue weighted by Gasteiger charge is -2.26. The van der Waals surface area contributed by atoms with Gasteiger partial charge in [-0.3, -0.25) is 9.59 Å². The molecule has 0 atom stereocenters. The normalized spacial score (nSPS) is 16.3. The number of fused-ring (bicyclic) bond motifs is 1. The fourth-order valence-corrected chi connectivity index (χ4v) is 3.64. The van der Waals surface area contributed by atoms with Gasteiger partial charge in [0.1, 0.15) is 11.5 Å². The van der Waals surface area contributed by atoms with Crippen molar-refractivity contribution >= 4 is 17.8 Å². The SMILES string of the molecule is COc1cc(C=C2Oc3cc(OCC(=O)N4CCOCC4)ccc3C2=O)cc(OC)c1OC. The summed E-state index contributed by atoms with van der Waals surface area (Å²) in [5.74, 6) is 1.98. The quantitative estimate of drug-likeness (QED) is 0.589. The number of morpholine rings is 1. The van der Waals surface area contributed by atoms with Gasteiger partial charge < -0.3 is 33.3 Å². The molecule has 33 heavy (non-hydrogen) atoms. The van der Waals surface area contributed by atoms with Crippen molar-refractivity contribution in [3.63, 3.8) is 0 Å². The summed E-state index contributed by atoms with van der Waals surface area (Å²) in [6, 6.07) is 8.33. The van der Waals surface area contributed by atoms with E-state index in [1.807, 2.05) is 0 Å². The van der Waals surface area contributed by atoms with E-state index in [1.165, 1.54) is 21.3 Å². The van der Waals surface area contributed by atoms with Crippen LogP contribution in [0.5, 0.6) is 28.7 Å². The van der Waals surface area contributed by atoms with Crippen LogP contribution in [-0.4, -0.2) is 70.8 Å².